The molecule has 1 amide bonds. The monoisotopic (exact) mass is 173 g/mol. The van der Waals surface area contributed by atoms with Crippen LogP contribution in [0.2, 0.25) is 0 Å². The van der Waals surface area contributed by atoms with Gasteiger partial charge in [0.25, 0.3) is 5.12 Å². The average molecular weight is 173 g/mol. The van der Waals surface area contributed by atoms with Gasteiger partial charge in [0.2, 0.25) is 0 Å². The Morgan fingerprint density at radius 2 is 2.27 bits per heavy atom. The molecule has 0 saturated carbocycles. The van der Waals surface area contributed by atoms with E-state index in [4.69, 9.17) is 0 Å². The fraction of sp³-hybridized carbons (Fsp3) is 0.714. The molecule has 0 spiro atoms. The molecule has 0 bridgehead atoms. The van der Waals surface area contributed by atoms with Crippen molar-refractivity contribution in [2.24, 2.45) is 0 Å². The highest BCUT2D eigenvalue weighted by atomic mass is 32.2. The third-order valence-electron chi connectivity index (χ3n) is 1.55. The molecule has 0 atom stereocenters. The van der Waals surface area contributed by atoms with Crippen molar-refractivity contribution in [1.29, 1.82) is 0 Å². The highest BCUT2D eigenvalue weighted by Gasteiger charge is 2.25. The summed E-state index contributed by atoms with van der Waals surface area (Å²) in [5, 5.41) is -0.301. The van der Waals surface area contributed by atoms with Crippen molar-refractivity contribution in [1.82, 2.24) is 4.90 Å². The largest absolute Gasteiger partial charge is 0.335 e. The average Bonchev–Trinajstić information content (AvgIpc) is 1.99. The molecule has 1 heterocycles. The third-order valence-corrected chi connectivity index (χ3v) is 2.37. The van der Waals surface area contributed by atoms with Gasteiger partial charge >= 0.3 is 5.91 Å². The molecule has 0 unspecified atom stereocenters. The smallest absolute Gasteiger partial charge is 0.301 e. The van der Waals surface area contributed by atoms with Crippen LogP contribution in [-0.2, 0) is 9.59 Å². The molecular formula is C7H11NO2S. The van der Waals surface area contributed by atoms with Gasteiger partial charge in [0, 0.05) is 18.8 Å². The molecule has 1 saturated heterocycles. The van der Waals surface area contributed by atoms with E-state index in [0.717, 1.165) is 30.5 Å². The summed E-state index contributed by atoms with van der Waals surface area (Å²) in [6, 6.07) is 0. The van der Waals surface area contributed by atoms with E-state index in [-0.39, 0.29) is 11.0 Å². The van der Waals surface area contributed by atoms with Crippen molar-refractivity contribution in [2.45, 2.75) is 13.3 Å². The zero-order valence-corrected chi connectivity index (χ0v) is 7.32. The summed E-state index contributed by atoms with van der Waals surface area (Å²) in [5.74, 6) is 0.438. The number of hydrogen-bond donors (Lipinski definition) is 0. The molecular weight excluding hydrogens is 162 g/mol. The second kappa shape index (κ2) is 3.76. The summed E-state index contributed by atoms with van der Waals surface area (Å²) < 4.78 is 0. The second-order valence-electron chi connectivity index (χ2n) is 2.43. The highest BCUT2D eigenvalue weighted by molar-refractivity contribution is 8.15. The Kier molecular flexibility index (Phi) is 2.93. The molecule has 1 fully saturated rings. The number of rotatable bonds is 2. The Morgan fingerprint density at radius 1 is 1.55 bits per heavy atom. The minimum Gasteiger partial charge on any atom is -0.335 e. The zero-order chi connectivity index (χ0) is 8.27. The van der Waals surface area contributed by atoms with Crippen LogP contribution in [0.5, 0.6) is 0 Å². The molecule has 0 aromatic carbocycles. The fourth-order valence-corrected chi connectivity index (χ4v) is 1.77. The topological polar surface area (TPSA) is 37.4 Å². The molecule has 1 aliphatic heterocycles. The number of carbonyl (C=O) groups excluding carboxylic acids is 2. The predicted octanol–water partition coefficient (Wildman–Crippen LogP) is 0.498. The van der Waals surface area contributed by atoms with Crippen LogP contribution < -0.4 is 0 Å². The van der Waals surface area contributed by atoms with Gasteiger partial charge in [-0.2, -0.15) is 0 Å². The van der Waals surface area contributed by atoms with Crippen LogP contribution in [-0.4, -0.2) is 34.8 Å². The van der Waals surface area contributed by atoms with E-state index in [0.29, 0.717) is 6.54 Å². The standard InChI is InChI=1S/C7H11NO2S/c1-2-3-8-4-5-11-7(10)6(8)9/h2-5H2,1H3. The first kappa shape index (κ1) is 8.59. The van der Waals surface area contributed by atoms with E-state index in [1.807, 2.05) is 6.92 Å². The number of nitrogens with zero attached hydrogens (tertiary/aromatic N) is 1. The van der Waals surface area contributed by atoms with E-state index >= 15 is 0 Å². The minimum atomic E-state index is -0.317. The highest BCUT2D eigenvalue weighted by Crippen LogP contribution is 2.12. The van der Waals surface area contributed by atoms with Crippen LogP contribution >= 0.6 is 11.8 Å². The Labute approximate surface area is 70.1 Å². The Hall–Kier alpha value is -0.510. The summed E-state index contributed by atoms with van der Waals surface area (Å²) in [5.41, 5.74) is 0. The van der Waals surface area contributed by atoms with E-state index in [9.17, 15) is 9.59 Å². The van der Waals surface area contributed by atoms with Crippen molar-refractivity contribution >= 4 is 22.8 Å². The van der Waals surface area contributed by atoms with Crippen LogP contribution in [0, 0.1) is 0 Å². The van der Waals surface area contributed by atoms with E-state index in [1.54, 1.807) is 4.90 Å². The molecule has 0 radical (unpaired) electrons. The minimum absolute atomic E-state index is 0.301. The molecule has 0 N–H and O–H groups in total. The Balaban J connectivity index is 2.51. The van der Waals surface area contributed by atoms with E-state index in [1.165, 1.54) is 0 Å². The van der Waals surface area contributed by atoms with Gasteiger partial charge in [0.1, 0.15) is 0 Å². The van der Waals surface area contributed by atoms with Crippen molar-refractivity contribution in [3.63, 3.8) is 0 Å². The lowest BCUT2D eigenvalue weighted by molar-refractivity contribution is -0.140. The zero-order valence-electron chi connectivity index (χ0n) is 6.50. The third kappa shape index (κ3) is 1.96. The van der Waals surface area contributed by atoms with E-state index in [2.05, 4.69) is 0 Å². The fourth-order valence-electron chi connectivity index (χ4n) is 1.02. The molecule has 3 nitrogen and oxygen atoms in total. The maximum atomic E-state index is 11.1. The van der Waals surface area contributed by atoms with Crippen molar-refractivity contribution in [3.05, 3.63) is 0 Å². The van der Waals surface area contributed by atoms with Gasteiger partial charge in [-0.1, -0.05) is 18.7 Å². The summed E-state index contributed by atoms with van der Waals surface area (Å²) in [7, 11) is 0. The van der Waals surface area contributed by atoms with Crippen LogP contribution in [0.3, 0.4) is 0 Å². The molecule has 0 aromatic rings. The normalized spacial score (nSPS) is 19.2. The molecule has 0 aromatic heterocycles. The summed E-state index contributed by atoms with van der Waals surface area (Å²) in [6.45, 7) is 3.44. The first-order chi connectivity index (χ1) is 5.25. The van der Waals surface area contributed by atoms with Crippen LogP contribution in [0.25, 0.3) is 0 Å². The van der Waals surface area contributed by atoms with E-state index < -0.39 is 0 Å². The summed E-state index contributed by atoms with van der Waals surface area (Å²) >= 11 is 1.13. The molecule has 62 valence electrons. The predicted molar refractivity (Wildman–Crippen MR) is 44.3 cm³/mol. The molecule has 1 aliphatic rings. The lowest BCUT2D eigenvalue weighted by Crippen LogP contribution is -2.41. The van der Waals surface area contributed by atoms with Gasteiger partial charge in [-0.3, -0.25) is 9.59 Å². The Morgan fingerprint density at radius 3 is 2.91 bits per heavy atom. The quantitative estimate of drug-likeness (QED) is 0.571. The van der Waals surface area contributed by atoms with Crippen molar-refractivity contribution in [2.75, 3.05) is 18.8 Å². The lowest BCUT2D eigenvalue weighted by atomic mass is 10.4. The summed E-state index contributed by atoms with van der Waals surface area (Å²) in [6.07, 6.45) is 0.920. The lowest BCUT2D eigenvalue weighted by Gasteiger charge is -2.24. The maximum absolute atomic E-state index is 11.1. The number of amides is 1. The molecule has 11 heavy (non-hydrogen) atoms. The van der Waals surface area contributed by atoms with Crippen molar-refractivity contribution in [3.8, 4) is 0 Å². The van der Waals surface area contributed by atoms with Gasteiger partial charge in [-0.05, 0) is 6.42 Å². The van der Waals surface area contributed by atoms with Crippen LogP contribution in [0.15, 0.2) is 0 Å². The summed E-state index contributed by atoms with van der Waals surface area (Å²) in [4.78, 5) is 23.5. The van der Waals surface area contributed by atoms with Gasteiger partial charge in [0.15, 0.2) is 0 Å². The molecule has 0 aliphatic carbocycles. The molecule has 4 heteroatoms. The molecule has 1 rings (SSSR count). The van der Waals surface area contributed by atoms with Gasteiger partial charge < -0.3 is 4.90 Å². The number of thioether (sulfide) groups is 1. The Bertz CT molecular complexity index is 179. The first-order valence-corrected chi connectivity index (χ1v) is 4.70. The van der Waals surface area contributed by atoms with Crippen LogP contribution in [0.1, 0.15) is 13.3 Å². The first-order valence-electron chi connectivity index (χ1n) is 3.71. The second-order valence-corrected chi connectivity index (χ2v) is 3.50. The van der Waals surface area contributed by atoms with Gasteiger partial charge in [0.05, 0.1) is 0 Å². The number of hydrogen-bond acceptors (Lipinski definition) is 3. The number of carbonyl (C=O) groups is 2. The van der Waals surface area contributed by atoms with Crippen molar-refractivity contribution < 1.29 is 9.59 Å². The SMILES string of the molecule is CCCN1CCSC(=O)C1=O. The van der Waals surface area contributed by atoms with Gasteiger partial charge in [-0.15, -0.1) is 0 Å². The van der Waals surface area contributed by atoms with Gasteiger partial charge in [-0.25, -0.2) is 0 Å². The maximum Gasteiger partial charge on any atom is 0.301 e. The van der Waals surface area contributed by atoms with Crippen LogP contribution in [0.4, 0.5) is 0 Å².